The minimum Gasteiger partial charge on any atom is -0.428 e. The van der Waals surface area contributed by atoms with Gasteiger partial charge in [-0.15, -0.1) is 4.71 Å². The van der Waals surface area contributed by atoms with Crippen LogP contribution in [0.25, 0.3) is 0 Å². The predicted molar refractivity (Wildman–Crippen MR) is 41.0 cm³/mol. The van der Waals surface area contributed by atoms with Crippen molar-refractivity contribution < 1.29 is 13.7 Å². The molecule has 4 heteroatoms. The number of quaternary nitrogens is 2. The largest absolute Gasteiger partial charge is 0.428 e. The van der Waals surface area contributed by atoms with Crippen LogP contribution >= 0.6 is 11.6 Å². The summed E-state index contributed by atoms with van der Waals surface area (Å²) in [4.78, 5) is 0. The first-order valence-corrected chi connectivity index (χ1v) is 4.53. The minimum atomic E-state index is -0.253. The van der Waals surface area contributed by atoms with E-state index in [1.165, 1.54) is 0 Å². The van der Waals surface area contributed by atoms with E-state index in [-0.39, 0.29) is 4.71 Å². The molecule has 64 valence electrons. The summed E-state index contributed by atoms with van der Waals surface area (Å²) in [7, 11) is 0. The molecule has 3 rings (SSSR count). The molecule has 0 aromatic rings. The van der Waals surface area contributed by atoms with Crippen LogP contribution in [0.15, 0.2) is 0 Å². The Morgan fingerprint density at radius 1 is 1.27 bits per heavy atom. The van der Waals surface area contributed by atoms with Gasteiger partial charge in [0.2, 0.25) is 0 Å². The van der Waals surface area contributed by atoms with Gasteiger partial charge >= 0.3 is 0 Å². The minimum absolute atomic E-state index is 0.253. The van der Waals surface area contributed by atoms with E-state index in [0.717, 1.165) is 17.6 Å². The summed E-state index contributed by atoms with van der Waals surface area (Å²) in [5.41, 5.74) is 0. The fourth-order valence-corrected chi connectivity index (χ4v) is 2.17. The highest BCUT2D eigenvalue weighted by molar-refractivity contribution is 6.17. The highest BCUT2D eigenvalue weighted by atomic mass is 35.5. The lowest BCUT2D eigenvalue weighted by atomic mass is 10.2. The summed E-state index contributed by atoms with van der Waals surface area (Å²) in [6.07, 6.45) is 0. The van der Waals surface area contributed by atoms with E-state index in [2.05, 4.69) is 0 Å². The van der Waals surface area contributed by atoms with Crippen LogP contribution in [0.2, 0.25) is 0 Å². The van der Waals surface area contributed by atoms with Crippen LogP contribution in [-0.2, 0) is 0 Å². The van der Waals surface area contributed by atoms with Crippen LogP contribution in [0.1, 0.15) is 0 Å². The summed E-state index contributed by atoms with van der Waals surface area (Å²) < 4.78 is 14.1. The number of halogens is 2. The molecule has 0 unspecified atom stereocenters. The second-order valence-corrected chi connectivity index (χ2v) is 3.87. The Morgan fingerprint density at radius 3 is 2.27 bits per heavy atom. The van der Waals surface area contributed by atoms with E-state index >= 15 is 0 Å². The Hall–Kier alpha value is 0.140. The van der Waals surface area contributed by atoms with Gasteiger partial charge in [0, 0.05) is 6.54 Å². The third-order valence-electron chi connectivity index (χ3n) is 2.93. The van der Waals surface area contributed by atoms with Crippen molar-refractivity contribution >= 4 is 11.6 Å². The molecule has 2 nitrogen and oxygen atoms in total. The van der Waals surface area contributed by atoms with Crippen LogP contribution in [0.5, 0.6) is 0 Å². The van der Waals surface area contributed by atoms with Gasteiger partial charge in [0.25, 0.3) is 0 Å². The maximum absolute atomic E-state index is 13.5. The number of nitrogens with zero attached hydrogens (tertiary/aromatic N) is 2. The SMILES string of the molecule is F[N+]12C[CH-][N+](CCl)(CC1)CC2. The lowest BCUT2D eigenvalue weighted by Gasteiger charge is -2.56. The van der Waals surface area contributed by atoms with Crippen LogP contribution < -0.4 is 0 Å². The number of hydrogen-bond donors (Lipinski definition) is 0. The zero-order valence-corrected chi connectivity index (χ0v) is 7.23. The van der Waals surface area contributed by atoms with Gasteiger partial charge in [-0.2, -0.15) is 0 Å². The van der Waals surface area contributed by atoms with E-state index in [4.69, 9.17) is 11.6 Å². The first kappa shape index (κ1) is 7.77. The van der Waals surface area contributed by atoms with Gasteiger partial charge in [-0.1, -0.05) is 18.1 Å². The Bertz CT molecular complexity index is 149. The Labute approximate surface area is 71.3 Å². The van der Waals surface area contributed by atoms with Crippen LogP contribution in [0.4, 0.5) is 4.48 Å². The maximum Gasteiger partial charge on any atom is 0.160 e. The molecular weight excluding hydrogens is 167 g/mol. The average molecular weight is 180 g/mol. The lowest BCUT2D eigenvalue weighted by molar-refractivity contribution is -1.13. The third kappa shape index (κ3) is 1.15. The lowest BCUT2D eigenvalue weighted by Crippen LogP contribution is -2.69. The van der Waals surface area contributed by atoms with E-state index in [1.54, 1.807) is 0 Å². The highest BCUT2D eigenvalue weighted by Gasteiger charge is 2.44. The molecule has 3 aliphatic heterocycles. The summed E-state index contributed by atoms with van der Waals surface area (Å²) in [6, 6.07) is 0.611. The van der Waals surface area contributed by atoms with Crippen molar-refractivity contribution in [3.63, 3.8) is 0 Å². The van der Waals surface area contributed by atoms with Gasteiger partial charge in [-0.25, -0.2) is 0 Å². The highest BCUT2D eigenvalue weighted by Crippen LogP contribution is 2.29. The zero-order valence-electron chi connectivity index (χ0n) is 6.47. The topological polar surface area (TPSA) is 0 Å². The third-order valence-corrected chi connectivity index (χ3v) is 3.40. The Kier molecular flexibility index (Phi) is 1.63. The van der Waals surface area contributed by atoms with Crippen molar-refractivity contribution in [2.24, 2.45) is 0 Å². The second-order valence-electron chi connectivity index (χ2n) is 3.63. The molecule has 0 atom stereocenters. The second kappa shape index (κ2) is 2.31. The molecule has 0 amide bonds. The van der Waals surface area contributed by atoms with Crippen LogP contribution in [-0.4, -0.2) is 47.9 Å². The van der Waals surface area contributed by atoms with E-state index in [9.17, 15) is 4.48 Å². The first-order chi connectivity index (χ1) is 5.18. The summed E-state index contributed by atoms with van der Waals surface area (Å²) in [5.74, 6) is 0. The summed E-state index contributed by atoms with van der Waals surface area (Å²) in [5, 5.41) is 0. The number of rotatable bonds is 1. The molecule has 3 fully saturated rings. The molecule has 11 heavy (non-hydrogen) atoms. The van der Waals surface area contributed by atoms with Crippen molar-refractivity contribution in [1.29, 1.82) is 0 Å². The number of hydrogen-bond acceptors (Lipinski definition) is 0. The zero-order chi connectivity index (χ0) is 7.95. The number of fused-ring (bicyclic) bond motifs is 3. The van der Waals surface area contributed by atoms with E-state index < -0.39 is 0 Å². The standard InChI is InChI=1S/C7H13ClFN2/c8-7-10-1-4-11(9,5-2-10)6-3-10/h1H,2-7H2/q+1. The number of alkyl halides is 1. The fourth-order valence-electron chi connectivity index (χ4n) is 1.83. The summed E-state index contributed by atoms with van der Waals surface area (Å²) in [6.45, 7) is 5.61. The van der Waals surface area contributed by atoms with Crippen molar-refractivity contribution in [2.75, 3.05) is 38.7 Å². The molecule has 0 aromatic heterocycles. The van der Waals surface area contributed by atoms with Crippen LogP contribution in [0, 0.1) is 6.54 Å². The molecule has 2 bridgehead atoms. The van der Waals surface area contributed by atoms with Crippen LogP contribution in [0.3, 0.4) is 0 Å². The quantitative estimate of drug-likeness (QED) is 0.184. The predicted octanol–water partition coefficient (Wildman–Crippen LogP) is 0.890. The maximum atomic E-state index is 13.5. The van der Waals surface area contributed by atoms with Gasteiger partial charge < -0.3 is 4.48 Å². The summed E-state index contributed by atoms with van der Waals surface area (Å²) >= 11 is 5.82. The molecule has 0 saturated carbocycles. The van der Waals surface area contributed by atoms with Gasteiger partial charge in [0.05, 0.1) is 0 Å². The normalized spacial score (nSPS) is 49.6. The van der Waals surface area contributed by atoms with E-state index in [0.29, 0.717) is 25.6 Å². The monoisotopic (exact) mass is 179 g/mol. The van der Waals surface area contributed by atoms with Gasteiger partial charge in [0.15, 0.2) is 13.1 Å². The van der Waals surface area contributed by atoms with Crippen molar-refractivity contribution in [1.82, 2.24) is 0 Å². The number of piperazine rings is 3. The smallest absolute Gasteiger partial charge is 0.160 e. The first-order valence-electron chi connectivity index (χ1n) is 4.00. The molecule has 3 aliphatic rings. The van der Waals surface area contributed by atoms with E-state index in [1.807, 2.05) is 6.54 Å². The van der Waals surface area contributed by atoms with Gasteiger partial charge in [0.1, 0.15) is 19.1 Å². The average Bonchev–Trinajstić information content (AvgIpc) is 2.07. The van der Waals surface area contributed by atoms with Gasteiger partial charge in [-0.05, 0) is 4.48 Å². The van der Waals surface area contributed by atoms with Gasteiger partial charge in [-0.3, -0.25) is 0 Å². The van der Waals surface area contributed by atoms with Crippen molar-refractivity contribution in [3.8, 4) is 0 Å². The molecular formula is C7H13ClFN2+. The molecule has 0 aliphatic carbocycles. The molecule has 0 radical (unpaired) electrons. The molecule has 3 heterocycles. The fraction of sp³-hybridized carbons (Fsp3) is 0.857. The van der Waals surface area contributed by atoms with Crippen molar-refractivity contribution in [3.05, 3.63) is 6.54 Å². The Balaban J connectivity index is 2.12. The molecule has 3 saturated heterocycles. The molecule has 0 N–H and O–H groups in total. The molecule has 0 aromatic carbocycles. The molecule has 0 spiro atoms. The Morgan fingerprint density at radius 2 is 1.91 bits per heavy atom. The van der Waals surface area contributed by atoms with Crippen molar-refractivity contribution in [2.45, 2.75) is 0 Å².